The number of ether oxygens (including phenoxy) is 3. The van der Waals surface area contributed by atoms with Gasteiger partial charge in [-0.3, -0.25) is 9.79 Å². The first-order valence-corrected chi connectivity index (χ1v) is 9.08. The number of benzene rings is 1. The van der Waals surface area contributed by atoms with E-state index in [9.17, 15) is 9.59 Å². The van der Waals surface area contributed by atoms with Gasteiger partial charge in [0.2, 0.25) is 6.79 Å². The smallest absolute Gasteiger partial charge is 0.337 e. The van der Waals surface area contributed by atoms with Crippen molar-refractivity contribution < 1.29 is 23.8 Å². The van der Waals surface area contributed by atoms with Crippen LogP contribution in [0.2, 0.25) is 0 Å². The second kappa shape index (κ2) is 5.22. The van der Waals surface area contributed by atoms with Crippen LogP contribution >= 0.6 is 0 Å². The lowest BCUT2D eigenvalue weighted by atomic mass is 9.91. The number of carbonyl (C=O) groups excluding carboxylic acids is 2. The number of nitrogens with zero attached hydrogens (tertiary/aromatic N) is 2. The van der Waals surface area contributed by atoms with E-state index in [1.807, 2.05) is 35.4 Å². The maximum Gasteiger partial charge on any atom is 0.337 e. The number of hydrogen-bond acceptors (Lipinski definition) is 7. The van der Waals surface area contributed by atoms with Crippen molar-refractivity contribution in [3.05, 3.63) is 47.2 Å². The Morgan fingerprint density at radius 2 is 1.93 bits per heavy atom. The molecule has 27 heavy (non-hydrogen) atoms. The third-order valence-corrected chi connectivity index (χ3v) is 5.93. The summed E-state index contributed by atoms with van der Waals surface area (Å²) in [5.74, 6) is 0.0421. The molecule has 136 valence electrons. The highest BCUT2D eigenvalue weighted by Gasteiger charge is 2.57. The fraction of sp³-hybridized carbons (Fsp3) is 0.350. The maximum atomic E-state index is 12.5. The number of dihydropyridines is 1. The van der Waals surface area contributed by atoms with Gasteiger partial charge in [0.1, 0.15) is 12.1 Å². The van der Waals surface area contributed by atoms with E-state index in [-0.39, 0.29) is 18.9 Å². The molecule has 5 heterocycles. The summed E-state index contributed by atoms with van der Waals surface area (Å²) >= 11 is 0. The van der Waals surface area contributed by atoms with Crippen molar-refractivity contribution in [2.75, 3.05) is 6.79 Å². The molecule has 2 fully saturated rings. The fourth-order valence-electron chi connectivity index (χ4n) is 4.80. The Balaban J connectivity index is 1.52. The molecule has 6 rings (SSSR count). The Labute approximate surface area is 154 Å². The van der Waals surface area contributed by atoms with E-state index in [2.05, 4.69) is 6.08 Å². The normalized spacial score (nSPS) is 32.5. The highest BCUT2D eigenvalue weighted by Crippen LogP contribution is 2.52. The van der Waals surface area contributed by atoms with Gasteiger partial charge in [-0.1, -0.05) is 18.2 Å². The van der Waals surface area contributed by atoms with Crippen LogP contribution in [0.1, 0.15) is 24.4 Å². The van der Waals surface area contributed by atoms with Gasteiger partial charge in [-0.05, 0) is 29.7 Å². The summed E-state index contributed by atoms with van der Waals surface area (Å²) in [6.45, 7) is 0.205. The fourth-order valence-corrected chi connectivity index (χ4v) is 4.80. The second-order valence-electron chi connectivity index (χ2n) is 7.25. The maximum absolute atomic E-state index is 12.5. The summed E-state index contributed by atoms with van der Waals surface area (Å²) in [6.07, 6.45) is 7.40. The number of rotatable bonds is 1. The molecule has 0 amide bonds. The summed E-state index contributed by atoms with van der Waals surface area (Å²) in [4.78, 5) is 31.4. The lowest BCUT2D eigenvalue weighted by Gasteiger charge is -2.36. The van der Waals surface area contributed by atoms with Gasteiger partial charge >= 0.3 is 11.9 Å². The quantitative estimate of drug-likeness (QED) is 0.560. The van der Waals surface area contributed by atoms with Crippen LogP contribution in [-0.2, 0) is 14.3 Å². The summed E-state index contributed by atoms with van der Waals surface area (Å²) in [5, 5.41) is 0. The monoisotopic (exact) mass is 364 g/mol. The van der Waals surface area contributed by atoms with Crippen molar-refractivity contribution >= 4 is 18.2 Å². The van der Waals surface area contributed by atoms with Crippen molar-refractivity contribution in [1.82, 2.24) is 4.90 Å². The summed E-state index contributed by atoms with van der Waals surface area (Å²) in [5.41, 5.74) is 3.09. The highest BCUT2D eigenvalue weighted by molar-refractivity contribution is 5.99. The molecule has 0 bridgehead atoms. The molecule has 7 heteroatoms. The molecule has 0 radical (unpaired) electrons. The molecule has 0 saturated carbocycles. The predicted molar refractivity (Wildman–Crippen MR) is 93.2 cm³/mol. The minimum absolute atomic E-state index is 0.118. The number of aliphatic imine (C=N–C) groups is 1. The molecule has 0 spiro atoms. The second-order valence-corrected chi connectivity index (χ2v) is 7.25. The average molecular weight is 364 g/mol. The lowest BCUT2D eigenvalue weighted by Crippen LogP contribution is -2.45. The standard InChI is InChI=1S/C20H16N2O5/c23-19-12-4-5-13-11-2-1-7-21-16(11)17(22(13)18(12)20(24)27-19)10-3-6-14-15(8-10)26-9-25-14/h2-3,5-8,12,16-18H,1,4,9H2/t12-,16?,17-,18?/m1/s1. The Kier molecular flexibility index (Phi) is 2.90. The van der Waals surface area contributed by atoms with Crippen LogP contribution < -0.4 is 9.47 Å². The number of fused-ring (bicyclic) bond motifs is 6. The zero-order chi connectivity index (χ0) is 18.1. The molecule has 5 aliphatic heterocycles. The van der Waals surface area contributed by atoms with Crippen LogP contribution in [0.3, 0.4) is 0 Å². The van der Waals surface area contributed by atoms with Crippen LogP contribution in [-0.4, -0.2) is 41.9 Å². The molecule has 7 nitrogen and oxygen atoms in total. The summed E-state index contributed by atoms with van der Waals surface area (Å²) in [7, 11) is 0. The topological polar surface area (TPSA) is 77.4 Å². The molecular weight excluding hydrogens is 348 g/mol. The molecule has 5 aliphatic rings. The lowest BCUT2D eigenvalue weighted by molar-refractivity contribution is -0.153. The Morgan fingerprint density at radius 1 is 1.04 bits per heavy atom. The molecular formula is C20H16N2O5. The van der Waals surface area contributed by atoms with E-state index in [0.29, 0.717) is 17.9 Å². The SMILES string of the molecule is O=C1OC(=O)[C@@H]2CC=C3C4=CCC=NC4[C@@H](c4ccc5c(c4)OCO5)N3C12. The van der Waals surface area contributed by atoms with E-state index >= 15 is 0 Å². The Morgan fingerprint density at radius 3 is 2.85 bits per heavy atom. The van der Waals surface area contributed by atoms with Crippen LogP contribution in [0.15, 0.2) is 46.6 Å². The molecule has 0 aliphatic carbocycles. The first-order chi connectivity index (χ1) is 13.2. The molecule has 1 aromatic carbocycles. The van der Waals surface area contributed by atoms with Crippen LogP contribution in [0, 0.1) is 5.92 Å². The van der Waals surface area contributed by atoms with Crippen molar-refractivity contribution in [3.8, 4) is 11.5 Å². The van der Waals surface area contributed by atoms with Gasteiger partial charge in [-0.2, -0.15) is 0 Å². The third kappa shape index (κ3) is 1.94. The van der Waals surface area contributed by atoms with Crippen molar-refractivity contribution in [1.29, 1.82) is 0 Å². The summed E-state index contributed by atoms with van der Waals surface area (Å²) < 4.78 is 15.9. The van der Waals surface area contributed by atoms with Crippen molar-refractivity contribution in [2.24, 2.45) is 10.9 Å². The molecule has 4 atom stereocenters. The first kappa shape index (κ1) is 15.0. The zero-order valence-corrected chi connectivity index (χ0v) is 14.3. The Bertz CT molecular complexity index is 979. The van der Waals surface area contributed by atoms with Gasteiger partial charge in [-0.15, -0.1) is 0 Å². The van der Waals surface area contributed by atoms with E-state index in [4.69, 9.17) is 19.2 Å². The van der Waals surface area contributed by atoms with E-state index in [1.165, 1.54) is 0 Å². The van der Waals surface area contributed by atoms with Crippen molar-refractivity contribution in [2.45, 2.75) is 31.0 Å². The van der Waals surface area contributed by atoms with Crippen LogP contribution in [0.4, 0.5) is 0 Å². The number of hydrogen-bond donors (Lipinski definition) is 0. The van der Waals surface area contributed by atoms with Gasteiger partial charge in [0.15, 0.2) is 11.5 Å². The number of allylic oxidation sites excluding steroid dienone is 2. The zero-order valence-electron chi connectivity index (χ0n) is 14.3. The van der Waals surface area contributed by atoms with Crippen LogP contribution in [0.5, 0.6) is 11.5 Å². The van der Waals surface area contributed by atoms with E-state index in [0.717, 1.165) is 23.3 Å². The number of cyclic esters (lactones) is 2. The van der Waals surface area contributed by atoms with Gasteiger partial charge < -0.3 is 19.1 Å². The highest BCUT2D eigenvalue weighted by atomic mass is 16.7. The predicted octanol–water partition coefficient (Wildman–Crippen LogP) is 1.90. The van der Waals surface area contributed by atoms with Crippen molar-refractivity contribution in [3.63, 3.8) is 0 Å². The van der Waals surface area contributed by atoms with Gasteiger partial charge in [0, 0.05) is 18.3 Å². The van der Waals surface area contributed by atoms with Gasteiger partial charge in [-0.25, -0.2) is 4.79 Å². The molecule has 1 aromatic rings. The first-order valence-electron chi connectivity index (χ1n) is 9.08. The molecule has 0 N–H and O–H groups in total. The van der Waals surface area contributed by atoms with E-state index in [1.54, 1.807) is 0 Å². The molecule has 0 aromatic heterocycles. The minimum atomic E-state index is -0.602. The van der Waals surface area contributed by atoms with Gasteiger partial charge in [0.25, 0.3) is 0 Å². The summed E-state index contributed by atoms with van der Waals surface area (Å²) in [6, 6.07) is 4.90. The van der Waals surface area contributed by atoms with E-state index < -0.39 is 23.9 Å². The third-order valence-electron chi connectivity index (χ3n) is 5.93. The number of esters is 2. The van der Waals surface area contributed by atoms with Crippen LogP contribution in [0.25, 0.3) is 0 Å². The molecule has 2 unspecified atom stereocenters. The average Bonchev–Trinajstić information content (AvgIpc) is 3.35. The largest absolute Gasteiger partial charge is 0.454 e. The number of carbonyl (C=O) groups is 2. The van der Waals surface area contributed by atoms with Gasteiger partial charge in [0.05, 0.1) is 12.0 Å². The Hall–Kier alpha value is -3.09. The minimum Gasteiger partial charge on any atom is -0.454 e. The molecule has 2 saturated heterocycles.